The first-order chi connectivity index (χ1) is 10.1. The lowest BCUT2D eigenvalue weighted by Crippen LogP contribution is -1.94. The molecule has 0 saturated heterocycles. The Hall–Kier alpha value is -2.21. The number of rotatable bonds is 3. The molecule has 0 radical (unpaired) electrons. The molecule has 0 bridgehead atoms. The van der Waals surface area contributed by atoms with E-state index in [4.69, 9.17) is 19.6 Å². The second-order valence-electron chi connectivity index (χ2n) is 4.43. The number of hydrogen-bond donors (Lipinski definition) is 1. The Morgan fingerprint density at radius 3 is 2.62 bits per heavy atom. The van der Waals surface area contributed by atoms with Crippen molar-refractivity contribution in [3.63, 3.8) is 0 Å². The maximum atomic E-state index is 5.97. The normalized spacial score (nSPS) is 10.8. The highest BCUT2D eigenvalue weighted by Crippen LogP contribution is 2.37. The number of oxazole rings is 1. The monoisotopic (exact) mass is 348 g/mol. The zero-order valence-electron chi connectivity index (χ0n) is 11.5. The number of hydrogen-bond acceptors (Lipinski definition) is 5. The molecule has 2 N–H and O–H groups in total. The van der Waals surface area contributed by atoms with Crippen molar-refractivity contribution < 1.29 is 13.9 Å². The number of aromatic nitrogens is 1. The molecule has 3 rings (SSSR count). The van der Waals surface area contributed by atoms with Gasteiger partial charge in [0, 0.05) is 11.6 Å². The van der Waals surface area contributed by atoms with Gasteiger partial charge < -0.3 is 19.6 Å². The van der Waals surface area contributed by atoms with Crippen LogP contribution >= 0.6 is 15.9 Å². The number of ether oxygens (including phenoxy) is 2. The van der Waals surface area contributed by atoms with Crippen molar-refractivity contribution in [2.75, 3.05) is 20.0 Å². The van der Waals surface area contributed by atoms with Crippen molar-refractivity contribution in [2.45, 2.75) is 0 Å². The molecule has 0 aliphatic rings. The number of nitrogens with zero attached hydrogens (tertiary/aromatic N) is 1. The molecule has 0 fully saturated rings. The third-order valence-corrected chi connectivity index (χ3v) is 3.71. The standard InChI is InChI=1S/C15H13BrN2O3/c1-19-9-3-4-13-12(7-9)18-15(21-13)8-5-10(16)14(20-2)11(17)6-8/h3-7H,17H2,1-2H3. The molecule has 0 atom stereocenters. The number of nitrogen functional groups attached to an aromatic ring is 1. The first-order valence-corrected chi connectivity index (χ1v) is 6.99. The second-order valence-corrected chi connectivity index (χ2v) is 5.29. The quantitative estimate of drug-likeness (QED) is 0.727. The topological polar surface area (TPSA) is 70.5 Å². The van der Waals surface area contributed by atoms with Crippen molar-refractivity contribution in [3.05, 3.63) is 34.8 Å². The Morgan fingerprint density at radius 2 is 1.95 bits per heavy atom. The average molecular weight is 349 g/mol. The molecular weight excluding hydrogens is 336 g/mol. The van der Waals surface area contributed by atoms with Gasteiger partial charge in [0.15, 0.2) is 11.3 Å². The number of anilines is 1. The summed E-state index contributed by atoms with van der Waals surface area (Å²) in [7, 11) is 3.19. The van der Waals surface area contributed by atoms with Gasteiger partial charge in [-0.3, -0.25) is 0 Å². The number of methoxy groups -OCH3 is 2. The van der Waals surface area contributed by atoms with E-state index in [1.165, 1.54) is 0 Å². The summed E-state index contributed by atoms with van der Waals surface area (Å²) in [6, 6.07) is 9.11. The van der Waals surface area contributed by atoms with Crippen LogP contribution < -0.4 is 15.2 Å². The van der Waals surface area contributed by atoms with E-state index in [0.717, 1.165) is 21.3 Å². The predicted octanol–water partition coefficient (Wildman–Crippen LogP) is 3.86. The summed E-state index contributed by atoms with van der Waals surface area (Å²) in [6.07, 6.45) is 0. The van der Waals surface area contributed by atoms with Gasteiger partial charge in [-0.25, -0.2) is 4.98 Å². The van der Waals surface area contributed by atoms with Crippen LogP contribution in [-0.4, -0.2) is 19.2 Å². The van der Waals surface area contributed by atoms with Crippen LogP contribution in [0.2, 0.25) is 0 Å². The number of halogens is 1. The lowest BCUT2D eigenvalue weighted by atomic mass is 10.2. The van der Waals surface area contributed by atoms with Crippen molar-refractivity contribution in [2.24, 2.45) is 0 Å². The molecule has 0 amide bonds. The zero-order chi connectivity index (χ0) is 15.0. The van der Waals surface area contributed by atoms with Crippen LogP contribution in [-0.2, 0) is 0 Å². The molecule has 2 aromatic carbocycles. The van der Waals surface area contributed by atoms with E-state index < -0.39 is 0 Å². The van der Waals surface area contributed by atoms with Crippen molar-refractivity contribution >= 4 is 32.7 Å². The summed E-state index contributed by atoms with van der Waals surface area (Å²) < 4.78 is 16.9. The molecule has 0 aliphatic carbocycles. The van der Waals surface area contributed by atoms with Crippen LogP contribution in [0.4, 0.5) is 5.69 Å². The van der Waals surface area contributed by atoms with Gasteiger partial charge in [0.25, 0.3) is 0 Å². The molecule has 6 heteroatoms. The lowest BCUT2D eigenvalue weighted by molar-refractivity contribution is 0.414. The summed E-state index contributed by atoms with van der Waals surface area (Å²) in [5.74, 6) is 1.82. The fraction of sp³-hybridized carbons (Fsp3) is 0.133. The molecule has 1 heterocycles. The third-order valence-electron chi connectivity index (χ3n) is 3.12. The Bertz CT molecular complexity index is 791. The molecule has 0 saturated carbocycles. The molecule has 1 aromatic heterocycles. The van der Waals surface area contributed by atoms with E-state index in [2.05, 4.69) is 20.9 Å². The van der Waals surface area contributed by atoms with Crippen LogP contribution in [0.1, 0.15) is 0 Å². The molecule has 108 valence electrons. The average Bonchev–Trinajstić information content (AvgIpc) is 2.89. The van der Waals surface area contributed by atoms with Crippen LogP contribution in [0, 0.1) is 0 Å². The van der Waals surface area contributed by atoms with E-state index >= 15 is 0 Å². The van der Waals surface area contributed by atoms with Crippen molar-refractivity contribution in [1.82, 2.24) is 4.98 Å². The van der Waals surface area contributed by atoms with Crippen LogP contribution in [0.5, 0.6) is 11.5 Å². The molecule has 0 unspecified atom stereocenters. The summed E-state index contributed by atoms with van der Waals surface area (Å²) in [5, 5.41) is 0. The molecule has 21 heavy (non-hydrogen) atoms. The SMILES string of the molecule is COc1ccc2oc(-c3cc(N)c(OC)c(Br)c3)nc2c1. The van der Waals surface area contributed by atoms with Gasteiger partial charge in [-0.15, -0.1) is 0 Å². The fourth-order valence-corrected chi connectivity index (χ4v) is 2.75. The van der Waals surface area contributed by atoms with Crippen LogP contribution in [0.15, 0.2) is 39.2 Å². The smallest absolute Gasteiger partial charge is 0.227 e. The first kappa shape index (κ1) is 13.8. The van der Waals surface area contributed by atoms with Crippen molar-refractivity contribution in [3.8, 4) is 23.0 Å². The first-order valence-electron chi connectivity index (χ1n) is 6.20. The Kier molecular flexibility index (Phi) is 3.47. The van der Waals surface area contributed by atoms with Gasteiger partial charge in [-0.2, -0.15) is 0 Å². The highest BCUT2D eigenvalue weighted by Gasteiger charge is 2.13. The number of benzene rings is 2. The lowest BCUT2D eigenvalue weighted by Gasteiger charge is -2.08. The van der Waals surface area contributed by atoms with Gasteiger partial charge >= 0.3 is 0 Å². The van der Waals surface area contributed by atoms with Crippen molar-refractivity contribution in [1.29, 1.82) is 0 Å². The minimum atomic E-state index is 0.494. The van der Waals surface area contributed by atoms with E-state index in [9.17, 15) is 0 Å². The maximum Gasteiger partial charge on any atom is 0.227 e. The molecule has 0 aliphatic heterocycles. The maximum absolute atomic E-state index is 5.97. The van der Waals surface area contributed by atoms with Gasteiger partial charge in [0.1, 0.15) is 11.3 Å². The van der Waals surface area contributed by atoms with Gasteiger partial charge in [0.05, 0.1) is 24.4 Å². The molecule has 5 nitrogen and oxygen atoms in total. The predicted molar refractivity (Wildman–Crippen MR) is 84.7 cm³/mol. The fourth-order valence-electron chi connectivity index (χ4n) is 2.11. The Labute approximate surface area is 129 Å². The second kappa shape index (κ2) is 5.29. The largest absolute Gasteiger partial charge is 0.497 e. The van der Waals surface area contributed by atoms with Crippen LogP contribution in [0.25, 0.3) is 22.6 Å². The van der Waals surface area contributed by atoms with Crippen LogP contribution in [0.3, 0.4) is 0 Å². The third kappa shape index (κ3) is 2.42. The molecule has 3 aromatic rings. The van der Waals surface area contributed by atoms with Gasteiger partial charge in [-0.1, -0.05) is 0 Å². The summed E-state index contributed by atoms with van der Waals surface area (Å²) in [4.78, 5) is 4.47. The summed E-state index contributed by atoms with van der Waals surface area (Å²) in [5.41, 5.74) is 8.68. The minimum Gasteiger partial charge on any atom is -0.497 e. The summed E-state index contributed by atoms with van der Waals surface area (Å²) in [6.45, 7) is 0. The zero-order valence-corrected chi connectivity index (χ0v) is 13.1. The van der Waals surface area contributed by atoms with E-state index in [1.54, 1.807) is 20.3 Å². The molecule has 0 spiro atoms. The Morgan fingerprint density at radius 1 is 1.14 bits per heavy atom. The van der Waals surface area contributed by atoms with Gasteiger partial charge in [0.2, 0.25) is 5.89 Å². The highest BCUT2D eigenvalue weighted by molar-refractivity contribution is 9.10. The van der Waals surface area contributed by atoms with E-state index in [1.807, 2.05) is 24.3 Å². The number of nitrogens with two attached hydrogens (primary N) is 1. The van der Waals surface area contributed by atoms with Gasteiger partial charge in [-0.05, 0) is 40.2 Å². The summed E-state index contributed by atoms with van der Waals surface area (Å²) >= 11 is 3.43. The Balaban J connectivity index is 2.12. The molecular formula is C15H13BrN2O3. The van der Waals surface area contributed by atoms with E-state index in [-0.39, 0.29) is 0 Å². The number of fused-ring (bicyclic) bond motifs is 1. The minimum absolute atomic E-state index is 0.494. The highest BCUT2D eigenvalue weighted by atomic mass is 79.9. The van der Waals surface area contributed by atoms with E-state index in [0.29, 0.717) is 22.9 Å².